The van der Waals surface area contributed by atoms with Gasteiger partial charge in [-0.15, -0.1) is 0 Å². The average molecular weight is 234 g/mol. The van der Waals surface area contributed by atoms with Gasteiger partial charge in [-0.1, -0.05) is 12.1 Å². The van der Waals surface area contributed by atoms with Gasteiger partial charge >= 0.3 is 0 Å². The van der Waals surface area contributed by atoms with Crippen LogP contribution in [0.5, 0.6) is 5.75 Å². The monoisotopic (exact) mass is 234 g/mol. The summed E-state index contributed by atoms with van der Waals surface area (Å²) in [4.78, 5) is 14.1. The Morgan fingerprint density at radius 2 is 2.12 bits per heavy atom. The Hall–Kier alpha value is -1.39. The summed E-state index contributed by atoms with van der Waals surface area (Å²) in [7, 11) is 2.04. The van der Waals surface area contributed by atoms with Crippen LogP contribution in [-0.4, -0.2) is 43.0 Å². The first-order chi connectivity index (χ1) is 8.08. The summed E-state index contributed by atoms with van der Waals surface area (Å²) in [6.07, 6.45) is 0.182. The molecule has 1 atom stereocenters. The van der Waals surface area contributed by atoms with Crippen molar-refractivity contribution in [1.29, 1.82) is 0 Å². The van der Waals surface area contributed by atoms with E-state index in [-0.39, 0.29) is 11.9 Å². The van der Waals surface area contributed by atoms with Crippen molar-refractivity contribution in [2.24, 2.45) is 5.73 Å². The van der Waals surface area contributed by atoms with Crippen LogP contribution in [0.3, 0.4) is 0 Å². The molecule has 1 aromatic rings. The van der Waals surface area contributed by atoms with Crippen molar-refractivity contribution in [2.75, 3.05) is 20.1 Å². The van der Waals surface area contributed by atoms with E-state index in [9.17, 15) is 4.79 Å². The van der Waals surface area contributed by atoms with E-state index in [1.807, 2.05) is 25.2 Å². The van der Waals surface area contributed by atoms with E-state index in [0.29, 0.717) is 11.3 Å². The molecule has 0 spiro atoms. The molecule has 4 nitrogen and oxygen atoms in total. The van der Waals surface area contributed by atoms with Crippen LogP contribution in [0.25, 0.3) is 0 Å². The van der Waals surface area contributed by atoms with Gasteiger partial charge in [-0.2, -0.15) is 0 Å². The number of nitrogens with two attached hydrogens (primary N) is 1. The minimum Gasteiger partial charge on any atom is -0.487 e. The lowest BCUT2D eigenvalue weighted by molar-refractivity contribution is 0.0380. The fourth-order valence-corrected chi connectivity index (χ4v) is 1.91. The molecule has 0 aromatic heterocycles. The second kappa shape index (κ2) is 4.85. The van der Waals surface area contributed by atoms with Crippen LogP contribution in [0, 0.1) is 0 Å². The number of ether oxygens (including phenoxy) is 1. The number of ketones is 1. The van der Waals surface area contributed by atoms with Gasteiger partial charge in [0.05, 0.1) is 11.6 Å². The molecule has 0 bridgehead atoms. The Kier molecular flexibility index (Phi) is 3.45. The summed E-state index contributed by atoms with van der Waals surface area (Å²) in [6, 6.07) is 6.80. The molecular formula is C13H18N2O2. The molecule has 4 heteroatoms. The molecule has 1 aliphatic heterocycles. The molecule has 1 aromatic carbocycles. The number of benzene rings is 1. The van der Waals surface area contributed by atoms with Crippen molar-refractivity contribution in [3.63, 3.8) is 0 Å². The molecule has 0 aliphatic carbocycles. The van der Waals surface area contributed by atoms with E-state index in [0.717, 1.165) is 13.1 Å². The third-order valence-electron chi connectivity index (χ3n) is 2.89. The largest absolute Gasteiger partial charge is 0.487 e. The summed E-state index contributed by atoms with van der Waals surface area (Å²) in [6.45, 7) is 3.50. The number of carbonyl (C=O) groups excluding carboxylic acids is 1. The molecular weight excluding hydrogens is 216 g/mol. The highest BCUT2D eigenvalue weighted by atomic mass is 16.5. The Bertz CT molecular complexity index is 412. The zero-order valence-electron chi connectivity index (χ0n) is 10.2. The molecule has 2 N–H and O–H groups in total. The molecule has 0 radical (unpaired) electrons. The number of likely N-dealkylation sites (N-methyl/N-ethyl adjacent to an activating group) is 1. The van der Waals surface area contributed by atoms with Crippen molar-refractivity contribution in [1.82, 2.24) is 4.90 Å². The van der Waals surface area contributed by atoms with Crippen LogP contribution in [0.15, 0.2) is 24.3 Å². The standard InChI is InChI=1S/C13H18N2O2/c1-9(14)13(16)11-5-3-4-6-12(11)17-10-7-15(2)8-10/h3-6,9-10H,7-8,14H2,1-2H3. The Morgan fingerprint density at radius 1 is 1.47 bits per heavy atom. The number of rotatable bonds is 4. The van der Waals surface area contributed by atoms with Gasteiger partial charge in [0, 0.05) is 13.1 Å². The normalized spacial score (nSPS) is 18.5. The summed E-state index contributed by atoms with van der Waals surface area (Å²) >= 11 is 0. The molecule has 1 unspecified atom stereocenters. The van der Waals surface area contributed by atoms with E-state index in [2.05, 4.69) is 4.90 Å². The first-order valence-corrected chi connectivity index (χ1v) is 5.82. The minimum atomic E-state index is -0.496. The topological polar surface area (TPSA) is 55.6 Å². The number of nitrogens with zero attached hydrogens (tertiary/aromatic N) is 1. The fourth-order valence-electron chi connectivity index (χ4n) is 1.91. The molecule has 0 amide bonds. The molecule has 92 valence electrons. The van der Waals surface area contributed by atoms with Crippen molar-refractivity contribution < 1.29 is 9.53 Å². The first kappa shape index (κ1) is 12.1. The van der Waals surface area contributed by atoms with Crippen molar-refractivity contribution in [3.8, 4) is 5.75 Å². The molecule has 1 saturated heterocycles. The van der Waals surface area contributed by atoms with Gasteiger partial charge < -0.3 is 10.5 Å². The second-order valence-corrected chi connectivity index (χ2v) is 4.61. The highest BCUT2D eigenvalue weighted by molar-refractivity contribution is 6.02. The van der Waals surface area contributed by atoms with Gasteiger partial charge in [0.25, 0.3) is 0 Å². The molecule has 1 fully saturated rings. The van der Waals surface area contributed by atoms with Crippen molar-refractivity contribution in [2.45, 2.75) is 19.1 Å². The quantitative estimate of drug-likeness (QED) is 0.787. The maximum Gasteiger partial charge on any atom is 0.182 e. The van der Waals surface area contributed by atoms with E-state index in [1.54, 1.807) is 13.0 Å². The molecule has 1 aliphatic rings. The van der Waals surface area contributed by atoms with Gasteiger partial charge in [-0.25, -0.2) is 0 Å². The number of Topliss-reactive ketones (excluding diaryl/α,β-unsaturated/α-hetero) is 1. The van der Waals surface area contributed by atoms with Crippen LogP contribution < -0.4 is 10.5 Å². The van der Waals surface area contributed by atoms with Crippen molar-refractivity contribution >= 4 is 5.78 Å². The summed E-state index contributed by atoms with van der Waals surface area (Å²) < 4.78 is 5.81. The van der Waals surface area contributed by atoms with E-state index in [1.165, 1.54) is 0 Å². The lowest BCUT2D eigenvalue weighted by Gasteiger charge is -2.36. The number of hydrogen-bond acceptors (Lipinski definition) is 4. The maximum atomic E-state index is 11.9. The van der Waals surface area contributed by atoms with E-state index < -0.39 is 6.04 Å². The lowest BCUT2D eigenvalue weighted by atomic mass is 10.0. The second-order valence-electron chi connectivity index (χ2n) is 4.61. The van der Waals surface area contributed by atoms with Crippen LogP contribution in [0.4, 0.5) is 0 Å². The van der Waals surface area contributed by atoms with Gasteiger partial charge in [-0.05, 0) is 26.1 Å². The predicted octanol–water partition coefficient (Wildman–Crippen LogP) is 0.909. The van der Waals surface area contributed by atoms with Gasteiger partial charge in [-0.3, -0.25) is 9.69 Å². The highest BCUT2D eigenvalue weighted by Crippen LogP contribution is 2.23. The lowest BCUT2D eigenvalue weighted by Crippen LogP contribution is -2.51. The van der Waals surface area contributed by atoms with E-state index >= 15 is 0 Å². The Morgan fingerprint density at radius 3 is 2.71 bits per heavy atom. The minimum absolute atomic E-state index is 0.0757. The first-order valence-electron chi connectivity index (χ1n) is 5.82. The molecule has 17 heavy (non-hydrogen) atoms. The predicted molar refractivity (Wildman–Crippen MR) is 66.3 cm³/mol. The number of para-hydroxylation sites is 1. The smallest absolute Gasteiger partial charge is 0.182 e. The molecule has 2 rings (SSSR count). The van der Waals surface area contributed by atoms with Gasteiger partial charge in [0.15, 0.2) is 5.78 Å². The number of hydrogen-bond donors (Lipinski definition) is 1. The maximum absolute atomic E-state index is 11.9. The zero-order chi connectivity index (χ0) is 12.4. The number of likely N-dealkylation sites (tertiary alicyclic amines) is 1. The Labute approximate surface area is 101 Å². The van der Waals surface area contributed by atoms with Crippen LogP contribution >= 0.6 is 0 Å². The molecule has 1 heterocycles. The molecule has 0 saturated carbocycles. The fraction of sp³-hybridized carbons (Fsp3) is 0.462. The third kappa shape index (κ3) is 2.65. The van der Waals surface area contributed by atoms with E-state index in [4.69, 9.17) is 10.5 Å². The van der Waals surface area contributed by atoms with Gasteiger partial charge in [0.1, 0.15) is 11.9 Å². The zero-order valence-corrected chi connectivity index (χ0v) is 10.2. The van der Waals surface area contributed by atoms with Crippen molar-refractivity contribution in [3.05, 3.63) is 29.8 Å². The summed E-state index contributed by atoms with van der Waals surface area (Å²) in [5, 5.41) is 0. The van der Waals surface area contributed by atoms with Crippen LogP contribution in [0.1, 0.15) is 17.3 Å². The highest BCUT2D eigenvalue weighted by Gasteiger charge is 2.26. The van der Waals surface area contributed by atoms with Gasteiger partial charge in [0.2, 0.25) is 0 Å². The third-order valence-corrected chi connectivity index (χ3v) is 2.89. The Balaban J connectivity index is 2.13. The van der Waals surface area contributed by atoms with Crippen LogP contribution in [0.2, 0.25) is 0 Å². The summed E-state index contributed by atoms with van der Waals surface area (Å²) in [5.41, 5.74) is 6.20. The number of carbonyl (C=O) groups is 1. The average Bonchev–Trinajstić information content (AvgIpc) is 2.26. The summed E-state index contributed by atoms with van der Waals surface area (Å²) in [5.74, 6) is 0.571. The van der Waals surface area contributed by atoms with Crippen LogP contribution in [-0.2, 0) is 0 Å². The SMILES string of the molecule is CC(N)C(=O)c1ccccc1OC1CN(C)C1.